The van der Waals surface area contributed by atoms with Crippen LogP contribution in [0.3, 0.4) is 0 Å². The van der Waals surface area contributed by atoms with Gasteiger partial charge in [0.05, 0.1) is 4.90 Å². The molecule has 1 aromatic carbocycles. The second-order valence-electron chi connectivity index (χ2n) is 7.28. The minimum atomic E-state index is -3.43. The fourth-order valence-corrected chi connectivity index (χ4v) is 5.26. The van der Waals surface area contributed by atoms with E-state index in [0.717, 1.165) is 25.1 Å². The van der Waals surface area contributed by atoms with E-state index in [1.54, 1.807) is 16.4 Å². The van der Waals surface area contributed by atoms with E-state index in [4.69, 9.17) is 5.73 Å². The number of anilines is 1. The number of hydrogen-bond acceptors (Lipinski definition) is 4. The van der Waals surface area contributed by atoms with Gasteiger partial charge in [-0.3, -0.25) is 0 Å². The Morgan fingerprint density at radius 2 is 1.75 bits per heavy atom. The predicted octanol–water partition coefficient (Wildman–Crippen LogP) is 2.33. The molecule has 1 saturated heterocycles. The van der Waals surface area contributed by atoms with E-state index in [2.05, 4.69) is 4.90 Å². The first kappa shape index (κ1) is 17.7. The van der Waals surface area contributed by atoms with Gasteiger partial charge in [0.25, 0.3) is 0 Å². The second kappa shape index (κ2) is 7.42. The minimum Gasteiger partial charge on any atom is -0.398 e. The largest absolute Gasteiger partial charge is 0.398 e. The van der Waals surface area contributed by atoms with E-state index < -0.39 is 10.0 Å². The zero-order valence-electron chi connectivity index (χ0n) is 14.6. The van der Waals surface area contributed by atoms with Crippen molar-refractivity contribution in [3.8, 4) is 0 Å². The predicted molar refractivity (Wildman–Crippen MR) is 97.4 cm³/mol. The third kappa shape index (κ3) is 3.92. The van der Waals surface area contributed by atoms with Crippen molar-refractivity contribution < 1.29 is 8.42 Å². The zero-order chi connectivity index (χ0) is 17.2. The molecule has 2 aliphatic rings. The highest BCUT2D eigenvalue weighted by Gasteiger charge is 2.28. The number of nitrogen functional groups attached to an aromatic ring is 1. The average molecular weight is 352 g/mol. The molecular weight excluding hydrogens is 322 g/mol. The van der Waals surface area contributed by atoms with Crippen LogP contribution in [0.25, 0.3) is 0 Å². The summed E-state index contributed by atoms with van der Waals surface area (Å²) in [6, 6.07) is 5.32. The first-order chi connectivity index (χ1) is 11.5. The Balaban J connectivity index is 1.73. The second-order valence-corrected chi connectivity index (χ2v) is 9.21. The van der Waals surface area contributed by atoms with Gasteiger partial charge < -0.3 is 10.6 Å². The number of piperazine rings is 1. The van der Waals surface area contributed by atoms with Crippen LogP contribution in [-0.4, -0.2) is 50.8 Å². The van der Waals surface area contributed by atoms with Crippen molar-refractivity contribution in [1.82, 2.24) is 9.21 Å². The fraction of sp³-hybridized carbons (Fsp3) is 0.667. The number of hydrogen-bond donors (Lipinski definition) is 1. The van der Waals surface area contributed by atoms with Gasteiger partial charge in [-0.05, 0) is 37.1 Å². The Morgan fingerprint density at radius 3 is 2.38 bits per heavy atom. The minimum absolute atomic E-state index is 0.331. The van der Waals surface area contributed by atoms with Crippen molar-refractivity contribution in [2.75, 3.05) is 39.0 Å². The highest BCUT2D eigenvalue weighted by Crippen LogP contribution is 2.30. The standard InChI is InChI=1S/C18H29N3O2S/c1-20-9-11-21(12-10-20)24(22,23)17-8-7-16(18(19)14-17)13-15-5-3-2-4-6-15/h7-8,14-15H,2-6,9-13,19H2,1H3. The summed E-state index contributed by atoms with van der Waals surface area (Å²) in [5.41, 5.74) is 7.91. The SMILES string of the molecule is CN1CCN(S(=O)(=O)c2ccc(CC3CCCCC3)c(N)c2)CC1. The van der Waals surface area contributed by atoms with Gasteiger partial charge in [0, 0.05) is 31.9 Å². The summed E-state index contributed by atoms with van der Waals surface area (Å²) < 4.78 is 27.2. The summed E-state index contributed by atoms with van der Waals surface area (Å²) >= 11 is 0. The Bertz CT molecular complexity index is 661. The molecule has 0 spiro atoms. The fourth-order valence-electron chi connectivity index (χ4n) is 3.80. The van der Waals surface area contributed by atoms with Crippen LogP contribution in [0.1, 0.15) is 37.7 Å². The highest BCUT2D eigenvalue weighted by atomic mass is 32.2. The van der Waals surface area contributed by atoms with Crippen LogP contribution >= 0.6 is 0 Å². The molecule has 0 aromatic heterocycles. The molecule has 134 valence electrons. The van der Waals surface area contributed by atoms with Gasteiger partial charge in [0.2, 0.25) is 10.0 Å². The summed E-state index contributed by atoms with van der Waals surface area (Å²) in [5, 5.41) is 0. The monoisotopic (exact) mass is 351 g/mol. The topological polar surface area (TPSA) is 66.6 Å². The van der Waals surface area contributed by atoms with E-state index in [1.165, 1.54) is 32.1 Å². The molecule has 2 fully saturated rings. The molecule has 0 radical (unpaired) electrons. The number of benzene rings is 1. The van der Waals surface area contributed by atoms with Crippen LogP contribution in [0, 0.1) is 5.92 Å². The number of sulfonamides is 1. The first-order valence-corrected chi connectivity index (χ1v) is 10.5. The van der Waals surface area contributed by atoms with Gasteiger partial charge in [0.15, 0.2) is 0 Å². The maximum absolute atomic E-state index is 12.8. The Morgan fingerprint density at radius 1 is 1.08 bits per heavy atom. The third-order valence-corrected chi connectivity index (χ3v) is 7.35. The summed E-state index contributed by atoms with van der Waals surface area (Å²) in [6.07, 6.45) is 7.46. The van der Waals surface area contributed by atoms with Gasteiger partial charge in [-0.1, -0.05) is 38.2 Å². The molecule has 1 saturated carbocycles. The van der Waals surface area contributed by atoms with Crippen LogP contribution < -0.4 is 5.73 Å². The molecule has 1 aliphatic carbocycles. The number of rotatable bonds is 4. The van der Waals surface area contributed by atoms with Gasteiger partial charge in [0.1, 0.15) is 0 Å². The lowest BCUT2D eigenvalue weighted by Crippen LogP contribution is -2.47. The Kier molecular flexibility index (Phi) is 5.47. The molecule has 0 bridgehead atoms. The maximum atomic E-state index is 12.8. The number of nitrogens with two attached hydrogens (primary N) is 1. The van der Waals surface area contributed by atoms with Gasteiger partial charge >= 0.3 is 0 Å². The van der Waals surface area contributed by atoms with Gasteiger partial charge in [-0.15, -0.1) is 0 Å². The molecule has 1 heterocycles. The van der Waals surface area contributed by atoms with Crippen LogP contribution in [-0.2, 0) is 16.4 Å². The van der Waals surface area contributed by atoms with Crippen LogP contribution in [0.15, 0.2) is 23.1 Å². The number of nitrogens with zero attached hydrogens (tertiary/aromatic N) is 2. The van der Waals surface area contributed by atoms with E-state index in [1.807, 2.05) is 13.1 Å². The smallest absolute Gasteiger partial charge is 0.243 e. The summed E-state index contributed by atoms with van der Waals surface area (Å²) in [4.78, 5) is 2.48. The van der Waals surface area contributed by atoms with E-state index in [-0.39, 0.29) is 0 Å². The first-order valence-electron chi connectivity index (χ1n) is 9.04. The molecule has 1 aromatic rings. The van der Waals surface area contributed by atoms with E-state index in [0.29, 0.717) is 29.6 Å². The lowest BCUT2D eigenvalue weighted by molar-refractivity contribution is 0.222. The van der Waals surface area contributed by atoms with E-state index >= 15 is 0 Å². The molecule has 6 heteroatoms. The van der Waals surface area contributed by atoms with Gasteiger partial charge in [-0.2, -0.15) is 4.31 Å². The molecular formula is C18H29N3O2S. The molecule has 0 atom stereocenters. The summed E-state index contributed by atoms with van der Waals surface area (Å²) in [7, 11) is -1.42. The van der Waals surface area contributed by atoms with Crippen molar-refractivity contribution >= 4 is 15.7 Å². The molecule has 24 heavy (non-hydrogen) atoms. The Labute approximate surface area is 145 Å². The van der Waals surface area contributed by atoms with Crippen molar-refractivity contribution in [1.29, 1.82) is 0 Å². The van der Waals surface area contributed by atoms with Crippen molar-refractivity contribution in [2.24, 2.45) is 5.92 Å². The molecule has 5 nitrogen and oxygen atoms in total. The molecule has 0 unspecified atom stereocenters. The summed E-state index contributed by atoms with van der Waals surface area (Å²) in [6.45, 7) is 2.63. The average Bonchev–Trinajstić information content (AvgIpc) is 2.58. The van der Waals surface area contributed by atoms with Crippen molar-refractivity contribution in [3.63, 3.8) is 0 Å². The highest BCUT2D eigenvalue weighted by molar-refractivity contribution is 7.89. The van der Waals surface area contributed by atoms with Crippen molar-refractivity contribution in [3.05, 3.63) is 23.8 Å². The summed E-state index contributed by atoms with van der Waals surface area (Å²) in [5.74, 6) is 0.695. The molecule has 0 amide bonds. The molecule has 1 aliphatic heterocycles. The van der Waals surface area contributed by atoms with Gasteiger partial charge in [-0.25, -0.2) is 8.42 Å². The maximum Gasteiger partial charge on any atom is 0.243 e. The molecule has 3 rings (SSSR count). The van der Waals surface area contributed by atoms with Crippen molar-refractivity contribution in [2.45, 2.75) is 43.4 Å². The normalized spacial score (nSPS) is 21.9. The van der Waals surface area contributed by atoms with Crippen LogP contribution in [0.2, 0.25) is 0 Å². The van der Waals surface area contributed by atoms with E-state index in [9.17, 15) is 8.42 Å². The third-order valence-electron chi connectivity index (χ3n) is 5.45. The molecule has 2 N–H and O–H groups in total. The quantitative estimate of drug-likeness (QED) is 0.846. The Hall–Kier alpha value is -1.11. The van der Waals surface area contributed by atoms with Crippen LogP contribution in [0.5, 0.6) is 0 Å². The number of likely N-dealkylation sites (N-methyl/N-ethyl adjacent to an activating group) is 1. The lowest BCUT2D eigenvalue weighted by Gasteiger charge is -2.31. The zero-order valence-corrected chi connectivity index (χ0v) is 15.4. The van der Waals surface area contributed by atoms with Crippen LogP contribution in [0.4, 0.5) is 5.69 Å². The lowest BCUT2D eigenvalue weighted by atomic mass is 9.84.